The maximum atomic E-state index is 11.9. The number of carbonyl (C=O) groups excluding carboxylic acids is 1. The van der Waals surface area contributed by atoms with Crippen molar-refractivity contribution in [1.29, 1.82) is 0 Å². The first-order chi connectivity index (χ1) is 16.6. The number of benzene rings is 2. The quantitative estimate of drug-likeness (QED) is 0.452. The standard InChI is InChI=1S/C29H32N2O3/c32-21-31(18-13-25(14-19-31)29(33)34)20-17-30-15-11-24(12-16-30)28-26-7-3-1-5-22(26)9-10-23-6-2-4-8-27(23)28/h1-10,21,25H,11-20H2/p+1. The molecule has 2 fully saturated rings. The number of fused-ring (bicyclic) bond motifs is 2. The summed E-state index contributed by atoms with van der Waals surface area (Å²) in [6.45, 7) is 4.93. The molecular weight excluding hydrogens is 424 g/mol. The van der Waals surface area contributed by atoms with Crippen molar-refractivity contribution in [1.82, 2.24) is 4.90 Å². The van der Waals surface area contributed by atoms with Crippen molar-refractivity contribution in [3.05, 3.63) is 76.4 Å². The van der Waals surface area contributed by atoms with E-state index in [0.29, 0.717) is 30.4 Å². The molecule has 2 aliphatic heterocycles. The molecule has 5 rings (SSSR count). The second-order valence-electron chi connectivity index (χ2n) is 9.94. The van der Waals surface area contributed by atoms with Crippen LogP contribution in [0.15, 0.2) is 54.1 Å². The Kier molecular flexibility index (Phi) is 6.48. The second-order valence-corrected chi connectivity index (χ2v) is 9.94. The predicted octanol–water partition coefficient (Wildman–Crippen LogP) is 4.54. The summed E-state index contributed by atoms with van der Waals surface area (Å²) in [7, 11) is 0. The number of hydrogen-bond acceptors (Lipinski definition) is 3. The van der Waals surface area contributed by atoms with Gasteiger partial charge in [-0.15, -0.1) is 0 Å². The van der Waals surface area contributed by atoms with Gasteiger partial charge in [-0.05, 0) is 40.7 Å². The number of piperidine rings is 2. The molecule has 0 aromatic heterocycles. The van der Waals surface area contributed by atoms with E-state index < -0.39 is 5.97 Å². The summed E-state index contributed by atoms with van der Waals surface area (Å²) in [5.41, 5.74) is 8.08. The molecule has 0 saturated carbocycles. The summed E-state index contributed by atoms with van der Waals surface area (Å²) in [5.74, 6) is -1.02. The van der Waals surface area contributed by atoms with Crippen LogP contribution in [-0.2, 0) is 9.59 Å². The molecule has 176 valence electrons. The zero-order chi connectivity index (χ0) is 23.5. The van der Waals surface area contributed by atoms with Gasteiger partial charge in [-0.1, -0.05) is 66.3 Å². The number of nitrogens with zero attached hydrogens (tertiary/aromatic N) is 2. The lowest BCUT2D eigenvalue weighted by molar-refractivity contribution is -0.851. The maximum absolute atomic E-state index is 11.9. The van der Waals surface area contributed by atoms with Gasteiger partial charge in [0, 0.05) is 32.5 Å². The molecule has 0 unspecified atom stereocenters. The maximum Gasteiger partial charge on any atom is 0.306 e. The average molecular weight is 458 g/mol. The Hall–Kier alpha value is -3.02. The third-order valence-electron chi connectivity index (χ3n) is 8.00. The molecule has 3 aliphatic rings. The molecule has 34 heavy (non-hydrogen) atoms. The Labute approximate surface area is 201 Å². The van der Waals surface area contributed by atoms with Gasteiger partial charge in [0.15, 0.2) is 0 Å². The van der Waals surface area contributed by atoms with Crippen LogP contribution in [0, 0.1) is 5.92 Å². The minimum absolute atomic E-state index is 0.296. The zero-order valence-corrected chi connectivity index (χ0v) is 19.7. The molecule has 1 amide bonds. The third-order valence-corrected chi connectivity index (χ3v) is 8.00. The number of hydrogen-bond donors (Lipinski definition) is 1. The van der Waals surface area contributed by atoms with Gasteiger partial charge in [-0.2, -0.15) is 0 Å². The van der Waals surface area contributed by atoms with E-state index >= 15 is 0 Å². The fourth-order valence-corrected chi connectivity index (χ4v) is 5.79. The molecule has 1 N–H and O–H groups in total. The van der Waals surface area contributed by atoms with Crippen molar-refractivity contribution >= 4 is 30.1 Å². The molecule has 1 aliphatic carbocycles. The molecule has 5 heteroatoms. The molecule has 2 aromatic carbocycles. The monoisotopic (exact) mass is 457 g/mol. The number of carboxylic acid groups (broad SMARTS) is 1. The van der Waals surface area contributed by atoms with E-state index in [2.05, 4.69) is 65.6 Å². The van der Waals surface area contributed by atoms with Crippen molar-refractivity contribution in [2.24, 2.45) is 5.92 Å². The second kappa shape index (κ2) is 9.69. The van der Waals surface area contributed by atoms with E-state index in [-0.39, 0.29) is 5.92 Å². The molecule has 0 radical (unpaired) electrons. The van der Waals surface area contributed by atoms with Crippen molar-refractivity contribution in [3.63, 3.8) is 0 Å². The van der Waals surface area contributed by atoms with E-state index in [0.717, 1.165) is 45.4 Å². The largest absolute Gasteiger partial charge is 0.481 e. The average Bonchev–Trinajstić information content (AvgIpc) is 3.05. The van der Waals surface area contributed by atoms with Crippen molar-refractivity contribution < 1.29 is 19.2 Å². The van der Waals surface area contributed by atoms with Gasteiger partial charge in [0.1, 0.15) is 0 Å². The number of aliphatic carboxylic acids is 1. The molecule has 0 bridgehead atoms. The molecule has 0 atom stereocenters. The van der Waals surface area contributed by atoms with Crippen LogP contribution < -0.4 is 0 Å². The van der Waals surface area contributed by atoms with Gasteiger partial charge >= 0.3 is 12.4 Å². The smallest absolute Gasteiger partial charge is 0.306 e. The van der Waals surface area contributed by atoms with Gasteiger partial charge in [-0.25, -0.2) is 4.79 Å². The van der Waals surface area contributed by atoms with Crippen molar-refractivity contribution in [2.75, 3.05) is 39.3 Å². The minimum atomic E-state index is -0.725. The highest BCUT2D eigenvalue weighted by Gasteiger charge is 2.37. The van der Waals surface area contributed by atoms with Crippen LogP contribution in [0.2, 0.25) is 0 Å². The Morgan fingerprint density at radius 2 is 1.50 bits per heavy atom. The third kappa shape index (κ3) is 4.50. The van der Waals surface area contributed by atoms with Crippen molar-refractivity contribution in [3.8, 4) is 0 Å². The van der Waals surface area contributed by atoms with E-state index in [1.807, 2.05) is 0 Å². The highest BCUT2D eigenvalue weighted by molar-refractivity contribution is 5.94. The van der Waals surface area contributed by atoms with E-state index in [9.17, 15) is 14.7 Å². The minimum Gasteiger partial charge on any atom is -0.481 e. The Morgan fingerprint density at radius 1 is 0.941 bits per heavy atom. The molecule has 0 spiro atoms. The van der Waals surface area contributed by atoms with Crippen molar-refractivity contribution in [2.45, 2.75) is 25.7 Å². The fraction of sp³-hybridized carbons (Fsp3) is 0.379. The lowest BCUT2D eigenvalue weighted by Gasteiger charge is -2.39. The van der Waals surface area contributed by atoms with Gasteiger partial charge in [0.2, 0.25) is 0 Å². The molecule has 2 saturated heterocycles. The first-order valence-electron chi connectivity index (χ1n) is 12.4. The highest BCUT2D eigenvalue weighted by atomic mass is 16.4. The number of carbonyl (C=O) groups is 2. The lowest BCUT2D eigenvalue weighted by Crippen LogP contribution is -2.56. The van der Waals surface area contributed by atoms with Gasteiger partial charge in [-0.3, -0.25) is 14.2 Å². The number of rotatable bonds is 5. The number of quaternary nitrogens is 1. The summed E-state index contributed by atoms with van der Waals surface area (Å²) in [5, 5.41) is 9.28. The summed E-state index contributed by atoms with van der Waals surface area (Å²) >= 11 is 0. The molecule has 2 heterocycles. The Morgan fingerprint density at radius 3 is 2.03 bits per heavy atom. The van der Waals surface area contributed by atoms with Gasteiger partial charge < -0.3 is 5.11 Å². The topological polar surface area (TPSA) is 57.6 Å². The SMILES string of the molecule is O=C[N+]1(CCN2CCC(=C3c4ccccc4C=Cc4ccccc43)CC2)CCC(C(=O)O)CC1. The van der Waals surface area contributed by atoms with E-state index in [4.69, 9.17) is 0 Å². The summed E-state index contributed by atoms with van der Waals surface area (Å²) in [4.78, 5) is 25.7. The van der Waals surface area contributed by atoms with Crippen LogP contribution >= 0.6 is 0 Å². The van der Waals surface area contributed by atoms with Crippen LogP contribution in [0.3, 0.4) is 0 Å². The van der Waals surface area contributed by atoms with E-state index in [1.54, 1.807) is 0 Å². The summed E-state index contributed by atoms with van der Waals surface area (Å²) < 4.78 is 0.403. The van der Waals surface area contributed by atoms with Crippen LogP contribution in [0.4, 0.5) is 0 Å². The molecule has 2 aromatic rings. The number of carboxylic acids is 1. The molecule has 5 nitrogen and oxygen atoms in total. The number of likely N-dealkylation sites (tertiary alicyclic amines) is 2. The zero-order valence-electron chi connectivity index (χ0n) is 19.7. The Bertz CT molecular complexity index is 1080. The Balaban J connectivity index is 1.30. The fourth-order valence-electron chi connectivity index (χ4n) is 5.79. The number of amides is 1. The van der Waals surface area contributed by atoms with Gasteiger partial charge in [0.05, 0.1) is 25.6 Å². The predicted molar refractivity (Wildman–Crippen MR) is 135 cm³/mol. The first-order valence-corrected chi connectivity index (χ1v) is 12.4. The van der Waals surface area contributed by atoms with Crippen LogP contribution in [0.25, 0.3) is 17.7 Å². The van der Waals surface area contributed by atoms with Crippen LogP contribution in [-0.4, -0.2) is 66.1 Å². The lowest BCUT2D eigenvalue weighted by atomic mass is 9.86. The van der Waals surface area contributed by atoms with Crippen LogP contribution in [0.5, 0.6) is 0 Å². The normalized spacial score (nSPS) is 24.8. The first kappa shape index (κ1) is 22.8. The highest BCUT2D eigenvalue weighted by Crippen LogP contribution is 2.38. The van der Waals surface area contributed by atoms with E-state index in [1.165, 1.54) is 33.4 Å². The summed E-state index contributed by atoms with van der Waals surface area (Å²) in [6.07, 6.45) is 8.76. The van der Waals surface area contributed by atoms with Gasteiger partial charge in [0.25, 0.3) is 0 Å². The molecular formula is C29H33N2O3+. The van der Waals surface area contributed by atoms with Crippen LogP contribution in [0.1, 0.15) is 47.9 Å². The summed E-state index contributed by atoms with van der Waals surface area (Å²) in [6, 6.07) is 17.4.